The molecule has 2 fully saturated rings. The van der Waals surface area contributed by atoms with Gasteiger partial charge in [-0.15, -0.1) is 0 Å². The lowest BCUT2D eigenvalue weighted by Gasteiger charge is -2.20. The van der Waals surface area contributed by atoms with E-state index in [9.17, 15) is 22.4 Å². The molecule has 1 saturated heterocycles. The van der Waals surface area contributed by atoms with Gasteiger partial charge < -0.3 is 20.1 Å². The van der Waals surface area contributed by atoms with Crippen LogP contribution in [0.2, 0.25) is 0 Å². The van der Waals surface area contributed by atoms with Crippen LogP contribution in [0.25, 0.3) is 0 Å². The molecular formula is C21H29FN4O6S. The first kappa shape index (κ1) is 24.9. The fourth-order valence-electron chi connectivity index (χ4n) is 3.78. The molecule has 182 valence electrons. The maximum atomic E-state index is 13.1. The Kier molecular flexibility index (Phi) is 7.27. The second-order valence-corrected chi connectivity index (χ2v) is 11.0. The number of alkyl carbamates (subject to hydrolysis) is 1. The first-order valence-electron chi connectivity index (χ1n) is 10.5. The quantitative estimate of drug-likeness (QED) is 0.572. The van der Waals surface area contributed by atoms with Gasteiger partial charge in [0.2, 0.25) is 21.8 Å². The van der Waals surface area contributed by atoms with Crippen LogP contribution in [0.4, 0.5) is 9.18 Å². The molecule has 3 atom stereocenters. The zero-order chi connectivity index (χ0) is 24.4. The minimum Gasteiger partial charge on any atom is -0.473 e. The van der Waals surface area contributed by atoms with Crippen molar-refractivity contribution in [2.75, 3.05) is 33.3 Å². The smallest absolute Gasteiger partial charge is 0.407 e. The fraction of sp³-hybridized carbons (Fsp3) is 0.571. The Labute approximate surface area is 192 Å². The molecule has 0 aromatic carbocycles. The standard InChI is InChI=1S/C21H29FN4O6S/c1-21(2,3)32-20(28)25-8-13(7-22)12-31-17-6-5-14(9-24-17)33(29,30)26-10-15-16(11-26)18(15)19(27)23-4/h5-7,9,15-16,18H,8,10-12H2,1-4H3,(H,23,27)(H,25,28)/b13-7+/t15-,16+,18?. The number of hydrogen-bond donors (Lipinski definition) is 2. The molecule has 10 nitrogen and oxygen atoms in total. The number of fused-ring (bicyclic) bond motifs is 1. The molecule has 3 rings (SSSR count). The summed E-state index contributed by atoms with van der Waals surface area (Å²) in [6, 6.07) is 2.75. The van der Waals surface area contributed by atoms with Crippen molar-refractivity contribution >= 4 is 22.0 Å². The summed E-state index contributed by atoms with van der Waals surface area (Å²) in [4.78, 5) is 27.4. The Morgan fingerprint density at radius 3 is 2.45 bits per heavy atom. The topological polar surface area (TPSA) is 127 Å². The molecule has 12 heteroatoms. The van der Waals surface area contributed by atoms with E-state index in [0.717, 1.165) is 0 Å². The number of carbonyl (C=O) groups is 2. The summed E-state index contributed by atoms with van der Waals surface area (Å²) in [5.41, 5.74) is -0.533. The van der Waals surface area contributed by atoms with Crippen LogP contribution in [0.15, 0.2) is 35.1 Å². The molecule has 0 bridgehead atoms. The lowest BCUT2D eigenvalue weighted by atomic mass is 10.2. The van der Waals surface area contributed by atoms with E-state index in [2.05, 4.69) is 15.6 Å². The van der Waals surface area contributed by atoms with E-state index in [4.69, 9.17) is 9.47 Å². The number of nitrogens with zero attached hydrogens (tertiary/aromatic N) is 2. The molecule has 1 unspecified atom stereocenters. The highest BCUT2D eigenvalue weighted by atomic mass is 32.2. The van der Waals surface area contributed by atoms with Crippen LogP contribution < -0.4 is 15.4 Å². The molecule has 33 heavy (non-hydrogen) atoms. The van der Waals surface area contributed by atoms with E-state index in [0.29, 0.717) is 19.4 Å². The van der Waals surface area contributed by atoms with Crippen molar-refractivity contribution in [2.45, 2.75) is 31.3 Å². The van der Waals surface area contributed by atoms with Gasteiger partial charge in [0.05, 0.1) is 12.5 Å². The molecule has 2 aliphatic rings. The highest BCUT2D eigenvalue weighted by Crippen LogP contribution is 2.52. The molecule has 0 spiro atoms. The van der Waals surface area contributed by atoms with Crippen LogP contribution >= 0.6 is 0 Å². The number of sulfonamides is 1. The number of nitrogens with one attached hydrogen (secondary N) is 2. The summed E-state index contributed by atoms with van der Waals surface area (Å²) in [6.07, 6.45) is 0.819. The average Bonchev–Trinajstić information content (AvgIpc) is 3.24. The number of hydrogen-bond acceptors (Lipinski definition) is 7. The van der Waals surface area contributed by atoms with Crippen molar-refractivity contribution in [1.82, 2.24) is 19.9 Å². The number of aromatic nitrogens is 1. The number of halogens is 1. The summed E-state index contributed by atoms with van der Waals surface area (Å²) in [5.74, 6) is 0.0478. The van der Waals surface area contributed by atoms with Crippen LogP contribution in [-0.2, 0) is 19.6 Å². The number of carbonyl (C=O) groups excluding carboxylic acids is 2. The van der Waals surface area contributed by atoms with E-state index in [1.54, 1.807) is 27.8 Å². The summed E-state index contributed by atoms with van der Waals surface area (Å²) in [6.45, 7) is 5.44. The number of rotatable bonds is 8. The normalized spacial score (nSPS) is 22.9. The first-order valence-corrected chi connectivity index (χ1v) is 12.0. The van der Waals surface area contributed by atoms with Crippen LogP contribution in [-0.4, -0.2) is 68.6 Å². The number of piperidine rings is 1. The van der Waals surface area contributed by atoms with Gasteiger partial charge in [-0.1, -0.05) is 0 Å². The summed E-state index contributed by atoms with van der Waals surface area (Å²) < 4.78 is 50.7. The third-order valence-electron chi connectivity index (χ3n) is 5.48. The van der Waals surface area contributed by atoms with Crippen molar-refractivity contribution in [1.29, 1.82) is 0 Å². The lowest BCUT2D eigenvalue weighted by molar-refractivity contribution is -0.122. The molecular weight excluding hydrogens is 455 g/mol. The van der Waals surface area contributed by atoms with Crippen LogP contribution in [0.5, 0.6) is 5.88 Å². The number of amides is 2. The summed E-state index contributed by atoms with van der Waals surface area (Å²) >= 11 is 0. The Balaban J connectivity index is 1.50. The monoisotopic (exact) mass is 484 g/mol. The van der Waals surface area contributed by atoms with Gasteiger partial charge in [-0.05, 0) is 38.7 Å². The number of pyridine rings is 1. The Morgan fingerprint density at radius 1 is 1.27 bits per heavy atom. The van der Waals surface area contributed by atoms with Gasteiger partial charge in [0, 0.05) is 44.2 Å². The molecule has 1 aromatic heterocycles. The first-order chi connectivity index (χ1) is 15.5. The van der Waals surface area contributed by atoms with Crippen molar-refractivity contribution in [3.05, 3.63) is 30.2 Å². The van der Waals surface area contributed by atoms with E-state index in [1.807, 2.05) is 0 Å². The van der Waals surface area contributed by atoms with E-state index < -0.39 is 21.7 Å². The molecule has 2 amide bonds. The molecule has 1 aliphatic carbocycles. The van der Waals surface area contributed by atoms with Crippen molar-refractivity contribution in [2.24, 2.45) is 17.8 Å². The van der Waals surface area contributed by atoms with Crippen molar-refractivity contribution in [3.8, 4) is 5.88 Å². The molecule has 0 radical (unpaired) electrons. The van der Waals surface area contributed by atoms with Gasteiger partial charge in [0.15, 0.2) is 0 Å². The average molecular weight is 485 g/mol. The fourth-order valence-corrected chi connectivity index (χ4v) is 5.24. The van der Waals surface area contributed by atoms with Crippen molar-refractivity contribution < 1.29 is 31.9 Å². The minimum absolute atomic E-state index is 0.0143. The van der Waals surface area contributed by atoms with Gasteiger partial charge in [-0.3, -0.25) is 4.79 Å². The molecule has 1 aliphatic heterocycles. The highest BCUT2D eigenvalue weighted by molar-refractivity contribution is 7.89. The largest absolute Gasteiger partial charge is 0.473 e. The summed E-state index contributed by atoms with van der Waals surface area (Å²) in [7, 11) is -2.16. The van der Waals surface area contributed by atoms with Crippen LogP contribution in [0.3, 0.4) is 0 Å². The molecule has 2 N–H and O–H groups in total. The second kappa shape index (κ2) is 9.64. The SMILES string of the molecule is CNC(=O)C1[C@H]2CN(S(=O)(=O)c3ccc(OC/C(=C/F)CNC(=O)OC(C)(C)C)nc3)C[C@@H]12. The van der Waals surface area contributed by atoms with E-state index >= 15 is 0 Å². The van der Waals surface area contributed by atoms with Gasteiger partial charge in [0.25, 0.3) is 0 Å². The molecule has 1 saturated carbocycles. The van der Waals surface area contributed by atoms with E-state index in [1.165, 1.54) is 22.6 Å². The summed E-state index contributed by atoms with van der Waals surface area (Å²) in [5, 5.41) is 5.04. The maximum absolute atomic E-state index is 13.1. The van der Waals surface area contributed by atoms with Gasteiger partial charge >= 0.3 is 6.09 Å². The predicted molar refractivity (Wildman–Crippen MR) is 116 cm³/mol. The Bertz CT molecular complexity index is 1010. The Morgan fingerprint density at radius 2 is 1.94 bits per heavy atom. The zero-order valence-corrected chi connectivity index (χ0v) is 19.8. The van der Waals surface area contributed by atoms with Crippen molar-refractivity contribution in [3.63, 3.8) is 0 Å². The third-order valence-corrected chi connectivity index (χ3v) is 7.29. The lowest BCUT2D eigenvalue weighted by Crippen LogP contribution is -2.34. The van der Waals surface area contributed by atoms with Crippen LogP contribution in [0, 0.1) is 17.8 Å². The predicted octanol–water partition coefficient (Wildman–Crippen LogP) is 1.45. The van der Waals surface area contributed by atoms with E-state index in [-0.39, 0.29) is 53.2 Å². The molecule has 2 heterocycles. The Hall–Kier alpha value is -2.73. The third kappa shape index (κ3) is 5.99. The van der Waals surface area contributed by atoms with Crippen LogP contribution in [0.1, 0.15) is 20.8 Å². The zero-order valence-electron chi connectivity index (χ0n) is 19.0. The molecule has 1 aromatic rings. The number of ether oxygens (including phenoxy) is 2. The minimum atomic E-state index is -3.73. The van der Waals surface area contributed by atoms with Gasteiger partial charge in [-0.2, -0.15) is 4.31 Å². The van der Waals surface area contributed by atoms with Gasteiger partial charge in [0.1, 0.15) is 17.1 Å². The maximum Gasteiger partial charge on any atom is 0.407 e. The second-order valence-electron chi connectivity index (χ2n) is 9.03. The highest BCUT2D eigenvalue weighted by Gasteiger charge is 2.61. The van der Waals surface area contributed by atoms with Gasteiger partial charge in [-0.25, -0.2) is 22.6 Å².